The highest BCUT2D eigenvalue weighted by Crippen LogP contribution is 2.35. The molecule has 0 bridgehead atoms. The first-order valence-electron chi connectivity index (χ1n) is 10.5. The SMILES string of the molecule is CCOC(=O)/C=C/CNc1cc(NC(=O)/C=C/c2c(OC)cc(OC)cc2OC)ccc1OC. The summed E-state index contributed by atoms with van der Waals surface area (Å²) >= 11 is 0. The Kier molecular flexibility index (Phi) is 10.3. The van der Waals surface area contributed by atoms with E-state index in [2.05, 4.69) is 10.6 Å². The van der Waals surface area contributed by atoms with Gasteiger partial charge in [0.05, 0.1) is 46.3 Å². The summed E-state index contributed by atoms with van der Waals surface area (Å²) in [5.41, 5.74) is 1.81. The molecule has 0 heterocycles. The molecule has 0 spiro atoms. The molecular formula is C25H30N2O7. The van der Waals surface area contributed by atoms with Crippen molar-refractivity contribution in [2.45, 2.75) is 6.92 Å². The Labute approximate surface area is 199 Å². The van der Waals surface area contributed by atoms with E-state index in [-0.39, 0.29) is 5.91 Å². The van der Waals surface area contributed by atoms with E-state index in [1.165, 1.54) is 26.4 Å². The molecule has 0 aromatic heterocycles. The molecule has 2 aromatic carbocycles. The largest absolute Gasteiger partial charge is 0.496 e. The molecule has 2 aromatic rings. The molecule has 1 amide bonds. The van der Waals surface area contributed by atoms with Gasteiger partial charge in [-0.3, -0.25) is 4.79 Å². The van der Waals surface area contributed by atoms with Gasteiger partial charge in [-0.2, -0.15) is 0 Å². The fourth-order valence-corrected chi connectivity index (χ4v) is 2.98. The van der Waals surface area contributed by atoms with E-state index in [9.17, 15) is 9.59 Å². The number of carbonyl (C=O) groups excluding carboxylic acids is 2. The maximum atomic E-state index is 12.6. The zero-order chi connectivity index (χ0) is 24.9. The number of carbonyl (C=O) groups is 2. The molecule has 0 aliphatic carbocycles. The molecule has 9 heteroatoms. The average Bonchev–Trinajstić information content (AvgIpc) is 2.85. The summed E-state index contributed by atoms with van der Waals surface area (Å²) in [5.74, 6) is 1.42. The van der Waals surface area contributed by atoms with Crippen LogP contribution in [0.3, 0.4) is 0 Å². The topological polar surface area (TPSA) is 104 Å². The standard InChI is InChI=1S/C25H30N2O7/c1-6-34-25(29)8-7-13-26-20-14-17(9-11-21(20)31-3)27-24(28)12-10-19-22(32-4)15-18(30-2)16-23(19)33-5/h7-12,14-16,26H,6,13H2,1-5H3,(H,27,28)/b8-7+,12-10+. The van der Waals surface area contributed by atoms with E-state index in [0.29, 0.717) is 53.1 Å². The number of amides is 1. The lowest BCUT2D eigenvalue weighted by molar-refractivity contribution is -0.137. The Morgan fingerprint density at radius 1 is 0.882 bits per heavy atom. The number of rotatable bonds is 12. The van der Waals surface area contributed by atoms with Gasteiger partial charge >= 0.3 is 5.97 Å². The molecule has 0 unspecified atom stereocenters. The summed E-state index contributed by atoms with van der Waals surface area (Å²) in [4.78, 5) is 23.9. The Balaban J connectivity index is 2.12. The summed E-state index contributed by atoms with van der Waals surface area (Å²) < 4.78 is 26.2. The quantitative estimate of drug-likeness (QED) is 0.356. The minimum Gasteiger partial charge on any atom is -0.496 e. The van der Waals surface area contributed by atoms with Gasteiger partial charge in [-0.25, -0.2) is 4.79 Å². The first-order valence-corrected chi connectivity index (χ1v) is 10.5. The number of hydrogen-bond acceptors (Lipinski definition) is 8. The van der Waals surface area contributed by atoms with Gasteiger partial charge in [-0.1, -0.05) is 6.08 Å². The monoisotopic (exact) mass is 470 g/mol. The fraction of sp³-hybridized carbons (Fsp3) is 0.280. The molecule has 9 nitrogen and oxygen atoms in total. The molecule has 0 saturated carbocycles. The van der Waals surface area contributed by atoms with Crippen LogP contribution in [0.4, 0.5) is 11.4 Å². The van der Waals surface area contributed by atoms with Crippen LogP contribution in [-0.2, 0) is 14.3 Å². The van der Waals surface area contributed by atoms with Crippen molar-refractivity contribution in [2.75, 3.05) is 52.2 Å². The predicted molar refractivity (Wildman–Crippen MR) is 131 cm³/mol. The fourth-order valence-electron chi connectivity index (χ4n) is 2.98. The van der Waals surface area contributed by atoms with Crippen LogP contribution < -0.4 is 29.6 Å². The third kappa shape index (κ3) is 7.47. The maximum absolute atomic E-state index is 12.6. The number of hydrogen-bond donors (Lipinski definition) is 2. The normalized spacial score (nSPS) is 10.7. The second kappa shape index (κ2) is 13.4. The molecule has 34 heavy (non-hydrogen) atoms. The van der Waals surface area contributed by atoms with Gasteiger partial charge in [-0.05, 0) is 31.2 Å². The van der Waals surface area contributed by atoms with Crippen molar-refractivity contribution in [1.29, 1.82) is 0 Å². The van der Waals surface area contributed by atoms with Gasteiger partial charge in [0.25, 0.3) is 0 Å². The number of methoxy groups -OCH3 is 4. The second-order valence-corrected chi connectivity index (χ2v) is 6.72. The zero-order valence-electron chi connectivity index (χ0n) is 20.0. The summed E-state index contributed by atoms with van der Waals surface area (Å²) in [5, 5.41) is 5.95. The van der Waals surface area contributed by atoms with Gasteiger partial charge < -0.3 is 34.3 Å². The van der Waals surface area contributed by atoms with Gasteiger partial charge in [0.1, 0.15) is 23.0 Å². The third-order valence-corrected chi connectivity index (χ3v) is 4.57. The predicted octanol–water partition coefficient (Wildman–Crippen LogP) is 3.90. The van der Waals surface area contributed by atoms with Crippen molar-refractivity contribution in [1.82, 2.24) is 0 Å². The molecule has 0 aliphatic heterocycles. The minimum atomic E-state index is -0.408. The Bertz CT molecular complexity index is 1020. The third-order valence-electron chi connectivity index (χ3n) is 4.57. The minimum absolute atomic E-state index is 0.318. The second-order valence-electron chi connectivity index (χ2n) is 6.72. The highest BCUT2D eigenvalue weighted by Gasteiger charge is 2.12. The lowest BCUT2D eigenvalue weighted by atomic mass is 10.1. The van der Waals surface area contributed by atoms with E-state index in [1.54, 1.807) is 63.6 Å². The molecule has 182 valence electrons. The number of nitrogens with one attached hydrogen (secondary N) is 2. The van der Waals surface area contributed by atoms with Crippen molar-refractivity contribution < 1.29 is 33.3 Å². The number of esters is 1. The lowest BCUT2D eigenvalue weighted by Crippen LogP contribution is -2.09. The Hall–Kier alpha value is -4.14. The van der Waals surface area contributed by atoms with Crippen molar-refractivity contribution in [2.24, 2.45) is 0 Å². The van der Waals surface area contributed by atoms with Crippen LogP contribution in [0.2, 0.25) is 0 Å². The molecule has 0 saturated heterocycles. The van der Waals surface area contributed by atoms with Crippen LogP contribution in [0.15, 0.2) is 48.6 Å². The van der Waals surface area contributed by atoms with Gasteiger partial charge in [0.15, 0.2) is 0 Å². The molecular weight excluding hydrogens is 440 g/mol. The number of anilines is 2. The summed E-state index contributed by atoms with van der Waals surface area (Å²) in [7, 11) is 6.15. The van der Waals surface area contributed by atoms with E-state index in [4.69, 9.17) is 23.7 Å². The highest BCUT2D eigenvalue weighted by molar-refractivity contribution is 6.02. The molecule has 0 aliphatic rings. The van der Waals surface area contributed by atoms with E-state index < -0.39 is 5.97 Å². The molecule has 2 rings (SSSR count). The number of ether oxygens (including phenoxy) is 5. The molecule has 0 fully saturated rings. The van der Waals surface area contributed by atoms with Crippen LogP contribution in [0.5, 0.6) is 23.0 Å². The van der Waals surface area contributed by atoms with Crippen molar-refractivity contribution in [3.8, 4) is 23.0 Å². The first kappa shape index (κ1) is 26.1. The molecule has 0 atom stereocenters. The summed E-state index contributed by atoms with van der Waals surface area (Å²) in [6.07, 6.45) is 5.98. The molecule has 0 radical (unpaired) electrons. The summed E-state index contributed by atoms with van der Waals surface area (Å²) in [6.45, 7) is 2.43. The van der Waals surface area contributed by atoms with Crippen LogP contribution in [0.25, 0.3) is 6.08 Å². The average molecular weight is 471 g/mol. The maximum Gasteiger partial charge on any atom is 0.330 e. The highest BCUT2D eigenvalue weighted by atomic mass is 16.5. The van der Waals surface area contributed by atoms with E-state index >= 15 is 0 Å². The molecule has 2 N–H and O–H groups in total. The van der Waals surface area contributed by atoms with Gasteiger partial charge in [-0.15, -0.1) is 0 Å². The van der Waals surface area contributed by atoms with Crippen molar-refractivity contribution in [3.63, 3.8) is 0 Å². The smallest absolute Gasteiger partial charge is 0.330 e. The van der Waals surface area contributed by atoms with Crippen LogP contribution in [0.1, 0.15) is 12.5 Å². The Morgan fingerprint density at radius 3 is 2.15 bits per heavy atom. The number of benzene rings is 2. The lowest BCUT2D eigenvalue weighted by Gasteiger charge is -2.13. The first-order chi connectivity index (χ1) is 16.4. The summed E-state index contributed by atoms with van der Waals surface area (Å²) in [6, 6.07) is 8.60. The Morgan fingerprint density at radius 2 is 1.56 bits per heavy atom. The van der Waals surface area contributed by atoms with E-state index in [0.717, 1.165) is 0 Å². The van der Waals surface area contributed by atoms with Crippen molar-refractivity contribution >= 4 is 29.3 Å². The van der Waals surface area contributed by atoms with Crippen LogP contribution in [-0.4, -0.2) is 53.5 Å². The van der Waals surface area contributed by atoms with Gasteiger partial charge in [0, 0.05) is 36.5 Å². The van der Waals surface area contributed by atoms with Crippen LogP contribution >= 0.6 is 0 Å². The van der Waals surface area contributed by atoms with Crippen molar-refractivity contribution in [3.05, 3.63) is 54.1 Å². The van der Waals surface area contributed by atoms with Gasteiger partial charge in [0.2, 0.25) is 5.91 Å². The van der Waals surface area contributed by atoms with E-state index in [1.807, 2.05) is 0 Å². The zero-order valence-corrected chi connectivity index (χ0v) is 20.0. The van der Waals surface area contributed by atoms with Crippen LogP contribution in [0, 0.1) is 0 Å².